The highest BCUT2D eigenvalue weighted by Crippen LogP contribution is 2.34. The smallest absolute Gasteiger partial charge is 0.326 e. The van der Waals surface area contributed by atoms with Gasteiger partial charge in [-0.15, -0.1) is 0 Å². The first kappa shape index (κ1) is 15.7. The molecule has 7 heteroatoms. The Morgan fingerprint density at radius 1 is 1.62 bits per heavy atom. The number of rotatable bonds is 5. The highest BCUT2D eigenvalue weighted by molar-refractivity contribution is 8.26. The summed E-state index contributed by atoms with van der Waals surface area (Å²) < 4.78 is 0.288. The van der Waals surface area contributed by atoms with Crippen LogP contribution in [0.25, 0.3) is 6.08 Å². The van der Waals surface area contributed by atoms with E-state index >= 15 is 0 Å². The van der Waals surface area contributed by atoms with Gasteiger partial charge < -0.3 is 5.11 Å². The molecule has 1 atom stereocenters. The van der Waals surface area contributed by atoms with Crippen LogP contribution in [0.3, 0.4) is 0 Å². The summed E-state index contributed by atoms with van der Waals surface area (Å²) in [6, 6.07) is 2.69. The molecule has 0 bridgehead atoms. The fraction of sp³-hybridized carbons (Fsp3) is 0.286. The Labute approximate surface area is 132 Å². The van der Waals surface area contributed by atoms with Gasteiger partial charge >= 0.3 is 5.97 Å². The zero-order valence-corrected chi connectivity index (χ0v) is 13.0. The minimum Gasteiger partial charge on any atom is -0.480 e. The lowest BCUT2D eigenvalue weighted by Gasteiger charge is -2.22. The van der Waals surface area contributed by atoms with Gasteiger partial charge in [0.15, 0.2) is 0 Å². The molecule has 2 heterocycles. The van der Waals surface area contributed by atoms with E-state index in [1.807, 2.05) is 13.0 Å². The number of thiocarbonyl (C=S) groups is 1. The minimum atomic E-state index is -1.03. The van der Waals surface area contributed by atoms with Crippen molar-refractivity contribution >= 4 is 46.3 Å². The SMILES string of the molecule is CCC[C@H](C(=O)O)N1C(=O)/C(=C/c2cccnc2)SC1=S. The first-order valence-corrected chi connectivity index (χ1v) is 7.67. The van der Waals surface area contributed by atoms with Crippen molar-refractivity contribution in [2.24, 2.45) is 0 Å². The number of carbonyl (C=O) groups excluding carboxylic acids is 1. The summed E-state index contributed by atoms with van der Waals surface area (Å²) in [6.07, 6.45) is 5.99. The van der Waals surface area contributed by atoms with E-state index in [0.29, 0.717) is 17.7 Å². The van der Waals surface area contributed by atoms with Crippen LogP contribution in [-0.2, 0) is 9.59 Å². The van der Waals surface area contributed by atoms with Gasteiger partial charge in [0.25, 0.3) is 5.91 Å². The molecule has 1 amide bonds. The normalized spacial score (nSPS) is 18.3. The standard InChI is InChI=1S/C14H14N2O3S2/c1-2-4-10(13(18)19)16-12(17)11(21-14(16)20)7-9-5-3-6-15-8-9/h3,5-8,10H,2,4H2,1H3,(H,18,19)/b11-7-/t10-/m1/s1. The molecule has 1 aliphatic heterocycles. The third-order valence-corrected chi connectivity index (χ3v) is 4.29. The molecule has 1 saturated heterocycles. The van der Waals surface area contributed by atoms with Crippen molar-refractivity contribution in [2.45, 2.75) is 25.8 Å². The van der Waals surface area contributed by atoms with Crippen LogP contribution in [0.2, 0.25) is 0 Å². The van der Waals surface area contributed by atoms with Crippen molar-refractivity contribution in [1.82, 2.24) is 9.88 Å². The van der Waals surface area contributed by atoms with Crippen LogP contribution in [0.1, 0.15) is 25.3 Å². The van der Waals surface area contributed by atoms with Crippen molar-refractivity contribution in [1.29, 1.82) is 0 Å². The van der Waals surface area contributed by atoms with E-state index in [0.717, 1.165) is 17.3 Å². The molecule has 1 N–H and O–H groups in total. The Morgan fingerprint density at radius 2 is 2.38 bits per heavy atom. The van der Waals surface area contributed by atoms with E-state index in [2.05, 4.69) is 4.98 Å². The molecule has 1 aromatic rings. The second-order valence-corrected chi connectivity index (χ2v) is 6.16. The third-order valence-electron chi connectivity index (χ3n) is 2.96. The molecule has 0 radical (unpaired) electrons. The molecule has 1 aliphatic rings. The van der Waals surface area contributed by atoms with Crippen LogP contribution < -0.4 is 0 Å². The van der Waals surface area contributed by atoms with Crippen LogP contribution >= 0.6 is 24.0 Å². The summed E-state index contributed by atoms with van der Waals surface area (Å²) >= 11 is 6.29. The van der Waals surface area contributed by atoms with Gasteiger partial charge in [0, 0.05) is 12.4 Å². The summed E-state index contributed by atoms with van der Waals surface area (Å²) in [5.74, 6) is -1.38. The zero-order chi connectivity index (χ0) is 15.4. The van der Waals surface area contributed by atoms with Gasteiger partial charge in [-0.2, -0.15) is 0 Å². The fourth-order valence-electron chi connectivity index (χ4n) is 2.00. The number of carbonyl (C=O) groups is 2. The summed E-state index contributed by atoms with van der Waals surface area (Å²) in [4.78, 5) is 29.4. The number of aromatic nitrogens is 1. The Kier molecular flexibility index (Phi) is 5.08. The molecule has 21 heavy (non-hydrogen) atoms. The third kappa shape index (κ3) is 3.48. The van der Waals surface area contributed by atoms with Crippen LogP contribution in [-0.4, -0.2) is 37.2 Å². The Hall–Kier alpha value is -1.73. The van der Waals surface area contributed by atoms with Crippen LogP contribution in [0.5, 0.6) is 0 Å². The molecule has 0 aromatic carbocycles. The highest BCUT2D eigenvalue weighted by Gasteiger charge is 2.39. The molecule has 0 saturated carbocycles. The number of pyridine rings is 1. The molecular formula is C14H14N2O3S2. The maximum absolute atomic E-state index is 12.4. The van der Waals surface area contributed by atoms with Crippen molar-refractivity contribution in [3.8, 4) is 0 Å². The molecule has 1 aromatic heterocycles. The number of nitrogens with zero attached hydrogens (tertiary/aromatic N) is 2. The van der Waals surface area contributed by atoms with Gasteiger partial charge in [-0.3, -0.25) is 14.7 Å². The minimum absolute atomic E-state index is 0.288. The molecule has 2 rings (SSSR count). The summed E-state index contributed by atoms with van der Waals surface area (Å²) in [6.45, 7) is 1.87. The Bertz CT molecular complexity index is 601. The van der Waals surface area contributed by atoms with Gasteiger partial charge in [-0.1, -0.05) is 43.4 Å². The number of carboxylic acids is 1. The molecule has 1 fully saturated rings. The second kappa shape index (κ2) is 6.82. The van der Waals surface area contributed by atoms with Crippen molar-refractivity contribution in [3.05, 3.63) is 35.0 Å². The number of carboxylic acid groups (broad SMARTS) is 1. The number of thioether (sulfide) groups is 1. The number of hydrogen-bond acceptors (Lipinski definition) is 5. The molecule has 0 unspecified atom stereocenters. The molecule has 5 nitrogen and oxygen atoms in total. The summed E-state index contributed by atoms with van der Waals surface area (Å²) in [7, 11) is 0. The van der Waals surface area contributed by atoms with E-state index in [4.69, 9.17) is 12.2 Å². The maximum atomic E-state index is 12.4. The molecule has 0 spiro atoms. The lowest BCUT2D eigenvalue weighted by atomic mass is 10.1. The Balaban J connectivity index is 2.28. The van der Waals surface area contributed by atoms with E-state index in [-0.39, 0.29) is 10.2 Å². The summed E-state index contributed by atoms with van der Waals surface area (Å²) in [5, 5.41) is 9.28. The van der Waals surface area contributed by atoms with Crippen LogP contribution in [0, 0.1) is 0 Å². The molecule has 0 aliphatic carbocycles. The van der Waals surface area contributed by atoms with Crippen LogP contribution in [0.15, 0.2) is 29.4 Å². The van der Waals surface area contributed by atoms with Gasteiger partial charge in [0.1, 0.15) is 10.4 Å². The number of hydrogen-bond donors (Lipinski definition) is 1. The van der Waals surface area contributed by atoms with E-state index in [1.54, 1.807) is 24.5 Å². The number of amides is 1. The van der Waals surface area contributed by atoms with Gasteiger partial charge in [-0.05, 0) is 24.1 Å². The zero-order valence-electron chi connectivity index (χ0n) is 11.4. The van der Waals surface area contributed by atoms with Crippen LogP contribution in [0.4, 0.5) is 0 Å². The maximum Gasteiger partial charge on any atom is 0.326 e. The van der Waals surface area contributed by atoms with Crippen molar-refractivity contribution < 1.29 is 14.7 Å². The van der Waals surface area contributed by atoms with E-state index < -0.39 is 12.0 Å². The first-order valence-electron chi connectivity index (χ1n) is 6.44. The highest BCUT2D eigenvalue weighted by atomic mass is 32.2. The molecule has 110 valence electrons. The largest absolute Gasteiger partial charge is 0.480 e. The first-order chi connectivity index (χ1) is 10.0. The topological polar surface area (TPSA) is 70.5 Å². The second-order valence-electron chi connectivity index (χ2n) is 4.48. The van der Waals surface area contributed by atoms with Gasteiger partial charge in [0.2, 0.25) is 0 Å². The monoisotopic (exact) mass is 322 g/mol. The predicted octanol–water partition coefficient (Wildman–Crippen LogP) is 2.54. The van der Waals surface area contributed by atoms with Gasteiger partial charge in [-0.25, -0.2) is 4.79 Å². The number of aliphatic carboxylic acids is 1. The fourth-order valence-corrected chi connectivity index (χ4v) is 3.35. The lowest BCUT2D eigenvalue weighted by Crippen LogP contribution is -2.43. The van der Waals surface area contributed by atoms with Crippen molar-refractivity contribution in [2.75, 3.05) is 0 Å². The van der Waals surface area contributed by atoms with E-state index in [1.165, 1.54) is 4.90 Å². The average molecular weight is 322 g/mol. The lowest BCUT2D eigenvalue weighted by molar-refractivity contribution is -0.145. The van der Waals surface area contributed by atoms with Gasteiger partial charge in [0.05, 0.1) is 4.91 Å². The quantitative estimate of drug-likeness (QED) is 0.663. The van der Waals surface area contributed by atoms with Crippen molar-refractivity contribution in [3.63, 3.8) is 0 Å². The Morgan fingerprint density at radius 3 is 2.95 bits per heavy atom. The average Bonchev–Trinajstić information content (AvgIpc) is 2.72. The van der Waals surface area contributed by atoms with E-state index in [9.17, 15) is 14.7 Å². The summed E-state index contributed by atoms with van der Waals surface area (Å²) in [5.41, 5.74) is 0.778. The predicted molar refractivity (Wildman–Crippen MR) is 85.6 cm³/mol. The molecular weight excluding hydrogens is 308 g/mol.